The van der Waals surface area contributed by atoms with Gasteiger partial charge in [0.1, 0.15) is 5.75 Å². The molecule has 0 amide bonds. The van der Waals surface area contributed by atoms with E-state index in [2.05, 4.69) is 12.1 Å². The highest BCUT2D eigenvalue weighted by molar-refractivity contribution is 5.44. The lowest BCUT2D eigenvalue weighted by Gasteiger charge is -2.19. The van der Waals surface area contributed by atoms with Crippen LogP contribution in [0, 0.1) is 0 Å². The van der Waals surface area contributed by atoms with Gasteiger partial charge in [-0.15, -0.1) is 0 Å². The van der Waals surface area contributed by atoms with Crippen LogP contribution < -0.4 is 10.5 Å². The van der Waals surface area contributed by atoms with Crippen molar-refractivity contribution in [3.63, 3.8) is 0 Å². The molecule has 0 aromatic heterocycles. The molecule has 0 radical (unpaired) electrons. The van der Waals surface area contributed by atoms with Gasteiger partial charge in [-0.25, -0.2) is 0 Å². The fourth-order valence-electron chi connectivity index (χ4n) is 2.36. The van der Waals surface area contributed by atoms with Crippen molar-refractivity contribution in [2.75, 3.05) is 13.7 Å². The molecule has 0 fully saturated rings. The first-order chi connectivity index (χ1) is 7.35. The van der Waals surface area contributed by atoms with E-state index in [1.807, 2.05) is 0 Å². The number of fused-ring (bicyclic) bond motifs is 1. The highest BCUT2D eigenvalue weighted by atomic mass is 16.5. The SMILES string of the molecule is COc1cc2c(cc1CCN)CCCC2. The van der Waals surface area contributed by atoms with Crippen LogP contribution in [0.2, 0.25) is 0 Å². The standard InChI is InChI=1S/C13H19NO/c1-15-13-9-11-5-3-2-4-10(11)8-12(13)6-7-14/h8-9H,2-7,14H2,1H3. The predicted molar refractivity (Wildman–Crippen MR) is 62.4 cm³/mol. The van der Waals surface area contributed by atoms with Gasteiger partial charge in [0.25, 0.3) is 0 Å². The third kappa shape index (κ3) is 2.15. The van der Waals surface area contributed by atoms with Crippen molar-refractivity contribution >= 4 is 0 Å². The zero-order valence-electron chi connectivity index (χ0n) is 9.38. The van der Waals surface area contributed by atoms with Crippen molar-refractivity contribution in [2.24, 2.45) is 5.73 Å². The smallest absolute Gasteiger partial charge is 0.122 e. The highest BCUT2D eigenvalue weighted by Crippen LogP contribution is 2.29. The number of benzene rings is 1. The van der Waals surface area contributed by atoms with Gasteiger partial charge in [0.05, 0.1) is 7.11 Å². The van der Waals surface area contributed by atoms with Crippen molar-refractivity contribution in [2.45, 2.75) is 32.1 Å². The summed E-state index contributed by atoms with van der Waals surface area (Å²) in [7, 11) is 1.74. The first-order valence-electron chi connectivity index (χ1n) is 5.74. The Balaban J connectivity index is 2.37. The number of methoxy groups -OCH3 is 1. The molecule has 1 aliphatic carbocycles. The molecule has 2 rings (SSSR count). The largest absolute Gasteiger partial charge is 0.496 e. The molecular weight excluding hydrogens is 186 g/mol. The number of ether oxygens (including phenoxy) is 1. The summed E-state index contributed by atoms with van der Waals surface area (Å²) in [6.07, 6.45) is 5.97. The van der Waals surface area contributed by atoms with Gasteiger partial charge in [0.15, 0.2) is 0 Å². The molecule has 0 saturated heterocycles. The minimum atomic E-state index is 0.690. The molecule has 1 aromatic rings. The number of nitrogens with two attached hydrogens (primary N) is 1. The highest BCUT2D eigenvalue weighted by Gasteiger charge is 2.13. The second-order valence-electron chi connectivity index (χ2n) is 4.18. The molecule has 2 N–H and O–H groups in total. The summed E-state index contributed by atoms with van der Waals surface area (Å²) in [4.78, 5) is 0. The maximum Gasteiger partial charge on any atom is 0.122 e. The normalized spacial score (nSPS) is 14.8. The van der Waals surface area contributed by atoms with Crippen molar-refractivity contribution in [1.82, 2.24) is 0 Å². The van der Waals surface area contributed by atoms with E-state index in [0.717, 1.165) is 12.2 Å². The van der Waals surface area contributed by atoms with E-state index >= 15 is 0 Å². The van der Waals surface area contributed by atoms with E-state index in [1.165, 1.54) is 42.4 Å². The number of aryl methyl sites for hydroxylation is 2. The first-order valence-corrected chi connectivity index (χ1v) is 5.74. The lowest BCUT2D eigenvalue weighted by molar-refractivity contribution is 0.408. The maximum absolute atomic E-state index is 5.60. The Morgan fingerprint density at radius 1 is 1.20 bits per heavy atom. The third-order valence-corrected chi connectivity index (χ3v) is 3.16. The summed E-state index contributed by atoms with van der Waals surface area (Å²) in [6.45, 7) is 0.690. The van der Waals surface area contributed by atoms with E-state index in [0.29, 0.717) is 6.54 Å². The zero-order chi connectivity index (χ0) is 10.7. The van der Waals surface area contributed by atoms with Gasteiger partial charge in [-0.05, 0) is 61.4 Å². The van der Waals surface area contributed by atoms with Gasteiger partial charge < -0.3 is 10.5 Å². The Morgan fingerprint density at radius 2 is 1.87 bits per heavy atom. The van der Waals surface area contributed by atoms with Gasteiger partial charge in [0, 0.05) is 0 Å². The summed E-state index contributed by atoms with van der Waals surface area (Å²) < 4.78 is 5.41. The van der Waals surface area contributed by atoms with Crippen LogP contribution in [0.25, 0.3) is 0 Å². The van der Waals surface area contributed by atoms with Crippen molar-refractivity contribution < 1.29 is 4.74 Å². The van der Waals surface area contributed by atoms with Gasteiger partial charge in [0.2, 0.25) is 0 Å². The fourth-order valence-corrected chi connectivity index (χ4v) is 2.36. The van der Waals surface area contributed by atoms with Crippen LogP contribution in [0.3, 0.4) is 0 Å². The maximum atomic E-state index is 5.60. The molecule has 0 spiro atoms. The summed E-state index contributed by atoms with van der Waals surface area (Å²) in [5, 5.41) is 0. The molecule has 0 aliphatic heterocycles. The van der Waals surface area contributed by atoms with Crippen LogP contribution in [0.4, 0.5) is 0 Å². The Morgan fingerprint density at radius 3 is 2.47 bits per heavy atom. The van der Waals surface area contributed by atoms with Crippen LogP contribution in [-0.2, 0) is 19.3 Å². The molecule has 0 atom stereocenters. The molecule has 0 heterocycles. The van der Waals surface area contributed by atoms with Gasteiger partial charge >= 0.3 is 0 Å². The molecule has 1 aromatic carbocycles. The van der Waals surface area contributed by atoms with Crippen LogP contribution in [-0.4, -0.2) is 13.7 Å². The summed E-state index contributed by atoms with van der Waals surface area (Å²) in [5.41, 5.74) is 9.85. The van der Waals surface area contributed by atoms with Crippen LogP contribution in [0.1, 0.15) is 29.5 Å². The zero-order valence-corrected chi connectivity index (χ0v) is 9.38. The Hall–Kier alpha value is -1.02. The van der Waals surface area contributed by atoms with Crippen molar-refractivity contribution in [3.05, 3.63) is 28.8 Å². The molecule has 2 heteroatoms. The van der Waals surface area contributed by atoms with Crippen LogP contribution in [0.5, 0.6) is 5.75 Å². The minimum Gasteiger partial charge on any atom is -0.496 e. The van der Waals surface area contributed by atoms with Crippen molar-refractivity contribution in [3.8, 4) is 5.75 Å². The lowest BCUT2D eigenvalue weighted by Crippen LogP contribution is -2.08. The van der Waals surface area contributed by atoms with E-state index in [-0.39, 0.29) is 0 Å². The Labute approximate surface area is 91.4 Å². The second kappa shape index (κ2) is 4.67. The number of rotatable bonds is 3. The third-order valence-electron chi connectivity index (χ3n) is 3.16. The van der Waals surface area contributed by atoms with E-state index < -0.39 is 0 Å². The molecule has 82 valence electrons. The Kier molecular flexibility index (Phi) is 3.27. The lowest BCUT2D eigenvalue weighted by atomic mass is 9.89. The minimum absolute atomic E-state index is 0.690. The summed E-state index contributed by atoms with van der Waals surface area (Å²) >= 11 is 0. The molecule has 0 saturated carbocycles. The predicted octanol–water partition coefficient (Wildman–Crippen LogP) is 2.08. The van der Waals surface area contributed by atoms with Gasteiger partial charge in [-0.2, -0.15) is 0 Å². The fraction of sp³-hybridized carbons (Fsp3) is 0.538. The molecule has 0 bridgehead atoms. The van der Waals surface area contributed by atoms with Gasteiger partial charge in [-0.3, -0.25) is 0 Å². The van der Waals surface area contributed by atoms with E-state index in [4.69, 9.17) is 10.5 Å². The van der Waals surface area contributed by atoms with E-state index in [1.54, 1.807) is 7.11 Å². The topological polar surface area (TPSA) is 35.2 Å². The molecular formula is C13H19NO. The summed E-state index contributed by atoms with van der Waals surface area (Å²) in [5.74, 6) is 1.01. The average molecular weight is 205 g/mol. The number of hydrogen-bond donors (Lipinski definition) is 1. The molecule has 0 unspecified atom stereocenters. The monoisotopic (exact) mass is 205 g/mol. The quantitative estimate of drug-likeness (QED) is 0.820. The molecule has 2 nitrogen and oxygen atoms in total. The number of hydrogen-bond acceptors (Lipinski definition) is 2. The molecule has 1 aliphatic rings. The first kappa shape index (κ1) is 10.5. The van der Waals surface area contributed by atoms with Crippen LogP contribution in [0.15, 0.2) is 12.1 Å². The van der Waals surface area contributed by atoms with Crippen LogP contribution >= 0.6 is 0 Å². The molecule has 15 heavy (non-hydrogen) atoms. The second-order valence-corrected chi connectivity index (χ2v) is 4.18. The average Bonchev–Trinajstić information content (AvgIpc) is 2.28. The van der Waals surface area contributed by atoms with Crippen molar-refractivity contribution in [1.29, 1.82) is 0 Å². The summed E-state index contributed by atoms with van der Waals surface area (Å²) in [6, 6.07) is 4.50. The Bertz CT molecular complexity index is 347. The van der Waals surface area contributed by atoms with E-state index in [9.17, 15) is 0 Å². The van der Waals surface area contributed by atoms with Gasteiger partial charge in [-0.1, -0.05) is 6.07 Å².